The molecular weight excluding hydrogens is 450 g/mol. The molecule has 0 bridgehead atoms. The van der Waals surface area contributed by atoms with E-state index >= 15 is 0 Å². The number of anilines is 1. The van der Waals surface area contributed by atoms with E-state index in [1.807, 2.05) is 0 Å². The van der Waals surface area contributed by atoms with Crippen LogP contribution in [0.15, 0.2) is 47.4 Å². The van der Waals surface area contributed by atoms with Crippen molar-refractivity contribution in [3.8, 4) is 0 Å². The number of hydrogen-bond donors (Lipinski definition) is 1. The lowest BCUT2D eigenvalue weighted by Gasteiger charge is -2.27. The molecule has 1 aliphatic heterocycles. The van der Waals surface area contributed by atoms with Gasteiger partial charge >= 0.3 is 0 Å². The average Bonchev–Trinajstić information content (AvgIpc) is 2.80. The molecule has 0 radical (unpaired) electrons. The molecule has 32 heavy (non-hydrogen) atoms. The first kappa shape index (κ1) is 24.2. The Kier molecular flexibility index (Phi) is 7.92. The number of carbonyl (C=O) groups is 2. The molecule has 0 saturated carbocycles. The molecule has 2 aromatic rings. The van der Waals surface area contributed by atoms with Crippen molar-refractivity contribution in [1.82, 2.24) is 9.21 Å². The number of piperidine rings is 1. The fourth-order valence-electron chi connectivity index (χ4n) is 3.76. The highest BCUT2D eigenvalue weighted by atomic mass is 35.5. The summed E-state index contributed by atoms with van der Waals surface area (Å²) in [5.41, 5.74) is 0.989. The first-order valence-electron chi connectivity index (χ1n) is 10.8. The molecule has 172 valence electrons. The van der Waals surface area contributed by atoms with Crippen LogP contribution < -0.4 is 5.32 Å². The number of sulfonamides is 1. The Morgan fingerprint density at radius 2 is 1.62 bits per heavy atom. The number of amides is 2. The lowest BCUT2D eigenvalue weighted by molar-refractivity contribution is 0.0725. The second-order valence-corrected chi connectivity index (χ2v) is 9.98. The van der Waals surface area contributed by atoms with Gasteiger partial charge in [0.2, 0.25) is 10.0 Å². The number of halogens is 1. The van der Waals surface area contributed by atoms with Crippen molar-refractivity contribution in [3.63, 3.8) is 0 Å². The van der Waals surface area contributed by atoms with Crippen molar-refractivity contribution in [1.29, 1.82) is 0 Å². The van der Waals surface area contributed by atoms with Crippen molar-refractivity contribution < 1.29 is 18.0 Å². The Labute approximate surface area is 194 Å². The Balaban J connectivity index is 1.81. The van der Waals surface area contributed by atoms with Crippen molar-refractivity contribution in [2.24, 2.45) is 0 Å². The van der Waals surface area contributed by atoms with Crippen LogP contribution in [-0.4, -0.2) is 55.6 Å². The predicted octanol–water partition coefficient (Wildman–Crippen LogP) is 4.25. The normalized spacial score (nSPS) is 14.4. The summed E-state index contributed by atoms with van der Waals surface area (Å²) < 4.78 is 26.6. The Morgan fingerprint density at radius 1 is 1.00 bits per heavy atom. The van der Waals surface area contributed by atoms with Crippen LogP contribution in [0.5, 0.6) is 0 Å². The lowest BCUT2D eigenvalue weighted by atomic mass is 10.1. The van der Waals surface area contributed by atoms with Crippen LogP contribution in [0, 0.1) is 0 Å². The van der Waals surface area contributed by atoms with E-state index < -0.39 is 15.9 Å². The maximum absolute atomic E-state index is 13.0. The molecule has 0 spiro atoms. The van der Waals surface area contributed by atoms with Gasteiger partial charge in [-0.1, -0.05) is 25.4 Å². The molecule has 7 nitrogen and oxygen atoms in total. The second-order valence-electron chi connectivity index (χ2n) is 7.61. The molecule has 0 aliphatic carbocycles. The number of nitrogens with one attached hydrogen (secondary N) is 1. The minimum atomic E-state index is -3.60. The fourth-order valence-corrected chi connectivity index (χ4v) is 5.39. The van der Waals surface area contributed by atoms with Crippen LogP contribution in [-0.2, 0) is 10.0 Å². The third-order valence-electron chi connectivity index (χ3n) is 5.56. The van der Waals surface area contributed by atoms with E-state index in [2.05, 4.69) is 5.32 Å². The molecule has 0 aromatic heterocycles. The van der Waals surface area contributed by atoms with E-state index in [0.717, 1.165) is 19.3 Å². The van der Waals surface area contributed by atoms with Gasteiger partial charge in [-0.2, -0.15) is 4.31 Å². The van der Waals surface area contributed by atoms with Gasteiger partial charge in [-0.25, -0.2) is 8.42 Å². The standard InChI is InChI=1S/C23H28ClN3O4S/c1-3-27(4-2)32(30,31)19-11-8-17(9-12-19)22(28)25-21-16-18(24)10-13-20(21)23(29)26-14-6-5-7-15-26/h8-13,16H,3-7,14-15H2,1-2H3,(H,25,28). The maximum Gasteiger partial charge on any atom is 0.255 e. The van der Waals surface area contributed by atoms with Crippen molar-refractivity contribution in [2.75, 3.05) is 31.5 Å². The van der Waals surface area contributed by atoms with Gasteiger partial charge in [0.05, 0.1) is 16.1 Å². The molecule has 0 atom stereocenters. The number of hydrogen-bond acceptors (Lipinski definition) is 4. The Morgan fingerprint density at radius 3 is 2.22 bits per heavy atom. The predicted molar refractivity (Wildman–Crippen MR) is 126 cm³/mol. The fraction of sp³-hybridized carbons (Fsp3) is 0.391. The van der Waals surface area contributed by atoms with E-state index in [9.17, 15) is 18.0 Å². The van der Waals surface area contributed by atoms with Crippen LogP contribution >= 0.6 is 11.6 Å². The van der Waals surface area contributed by atoms with Crippen LogP contribution in [0.3, 0.4) is 0 Å². The van der Waals surface area contributed by atoms with E-state index in [1.54, 1.807) is 36.9 Å². The van der Waals surface area contributed by atoms with Crippen LogP contribution in [0.2, 0.25) is 5.02 Å². The Bertz CT molecular complexity index is 1080. The molecule has 9 heteroatoms. The molecule has 3 rings (SSSR count). The number of benzene rings is 2. The smallest absolute Gasteiger partial charge is 0.255 e. The monoisotopic (exact) mass is 477 g/mol. The second kappa shape index (κ2) is 10.5. The summed E-state index contributed by atoms with van der Waals surface area (Å²) in [6.45, 7) is 5.66. The number of likely N-dealkylation sites (tertiary alicyclic amines) is 1. The van der Waals surface area contributed by atoms with Gasteiger partial charge in [-0.3, -0.25) is 9.59 Å². The van der Waals surface area contributed by atoms with Crippen molar-refractivity contribution >= 4 is 39.1 Å². The molecule has 2 amide bonds. The van der Waals surface area contributed by atoms with Gasteiger partial charge in [0.1, 0.15) is 0 Å². The summed E-state index contributed by atoms with van der Waals surface area (Å²) in [7, 11) is -3.60. The molecule has 0 unspecified atom stereocenters. The Hall–Kier alpha value is -2.42. The molecule has 1 aliphatic rings. The summed E-state index contributed by atoms with van der Waals surface area (Å²) in [6.07, 6.45) is 3.03. The summed E-state index contributed by atoms with van der Waals surface area (Å²) in [4.78, 5) is 27.7. The molecule has 1 heterocycles. The first-order valence-corrected chi connectivity index (χ1v) is 12.6. The number of rotatable bonds is 7. The quantitative estimate of drug-likeness (QED) is 0.645. The third-order valence-corrected chi connectivity index (χ3v) is 7.86. The number of nitrogens with zero attached hydrogens (tertiary/aromatic N) is 2. The largest absolute Gasteiger partial charge is 0.339 e. The minimum absolute atomic E-state index is 0.126. The number of carbonyl (C=O) groups excluding carboxylic acids is 2. The zero-order valence-corrected chi connectivity index (χ0v) is 19.9. The van der Waals surface area contributed by atoms with E-state index in [-0.39, 0.29) is 16.4 Å². The van der Waals surface area contributed by atoms with E-state index in [4.69, 9.17) is 11.6 Å². The third kappa shape index (κ3) is 5.31. The van der Waals surface area contributed by atoms with Gasteiger partial charge in [0, 0.05) is 36.8 Å². The minimum Gasteiger partial charge on any atom is -0.339 e. The highest BCUT2D eigenvalue weighted by Gasteiger charge is 2.24. The van der Waals surface area contributed by atoms with Crippen molar-refractivity contribution in [2.45, 2.75) is 38.0 Å². The zero-order valence-electron chi connectivity index (χ0n) is 18.3. The van der Waals surface area contributed by atoms with Crippen LogP contribution in [0.25, 0.3) is 0 Å². The van der Waals surface area contributed by atoms with Gasteiger partial charge in [-0.05, 0) is 61.7 Å². The van der Waals surface area contributed by atoms with Gasteiger partial charge in [-0.15, -0.1) is 0 Å². The summed E-state index contributed by atoms with van der Waals surface area (Å²) >= 11 is 6.12. The van der Waals surface area contributed by atoms with E-state index in [1.165, 1.54) is 28.6 Å². The van der Waals surface area contributed by atoms with Gasteiger partial charge in [0.25, 0.3) is 11.8 Å². The molecule has 1 N–H and O–H groups in total. The molecule has 1 saturated heterocycles. The zero-order chi connectivity index (χ0) is 23.3. The van der Waals surface area contributed by atoms with Crippen molar-refractivity contribution in [3.05, 3.63) is 58.6 Å². The molecular formula is C23H28ClN3O4S. The SMILES string of the molecule is CCN(CC)S(=O)(=O)c1ccc(C(=O)Nc2cc(Cl)ccc2C(=O)N2CCCCC2)cc1. The van der Waals surface area contributed by atoms with E-state index in [0.29, 0.717) is 42.5 Å². The lowest BCUT2D eigenvalue weighted by Crippen LogP contribution is -2.36. The summed E-state index contributed by atoms with van der Waals surface area (Å²) in [5.74, 6) is -0.593. The highest BCUT2D eigenvalue weighted by Crippen LogP contribution is 2.25. The maximum atomic E-state index is 13.0. The topological polar surface area (TPSA) is 86.8 Å². The van der Waals surface area contributed by atoms with Crippen LogP contribution in [0.1, 0.15) is 53.8 Å². The summed E-state index contributed by atoms with van der Waals surface area (Å²) in [6, 6.07) is 10.6. The molecule has 1 fully saturated rings. The average molecular weight is 478 g/mol. The first-order chi connectivity index (χ1) is 15.3. The van der Waals surface area contributed by atoms with Gasteiger partial charge < -0.3 is 10.2 Å². The highest BCUT2D eigenvalue weighted by molar-refractivity contribution is 7.89. The van der Waals surface area contributed by atoms with Crippen LogP contribution in [0.4, 0.5) is 5.69 Å². The summed E-state index contributed by atoms with van der Waals surface area (Å²) in [5, 5.41) is 3.16. The van der Waals surface area contributed by atoms with Gasteiger partial charge in [0.15, 0.2) is 0 Å². The molecule has 2 aromatic carbocycles.